The van der Waals surface area contributed by atoms with Crippen molar-refractivity contribution in [3.63, 3.8) is 0 Å². The summed E-state index contributed by atoms with van der Waals surface area (Å²) in [5.74, 6) is 5.92. The van der Waals surface area contributed by atoms with Crippen molar-refractivity contribution >= 4 is 17.4 Å². The number of nitrogens with one attached hydrogen (secondary N) is 1. The molecule has 90 valence electrons. The van der Waals surface area contributed by atoms with Gasteiger partial charge in [-0.15, -0.1) is 0 Å². The van der Waals surface area contributed by atoms with Crippen molar-refractivity contribution in [2.75, 3.05) is 5.43 Å². The van der Waals surface area contributed by atoms with Gasteiger partial charge in [-0.1, -0.05) is 11.6 Å². The number of hydrazine groups is 1. The van der Waals surface area contributed by atoms with Gasteiger partial charge >= 0.3 is 0 Å². The molecule has 0 fully saturated rings. The molecule has 0 saturated carbocycles. The molecule has 0 bridgehead atoms. The molecule has 0 saturated heterocycles. The lowest BCUT2D eigenvalue weighted by Gasteiger charge is -2.08. The lowest BCUT2D eigenvalue weighted by Crippen LogP contribution is -2.11. The molecular weight excluding hydrogens is 238 g/mol. The molecule has 2 aromatic heterocycles. The van der Waals surface area contributed by atoms with Crippen molar-refractivity contribution in [1.29, 1.82) is 0 Å². The molecule has 0 aliphatic rings. The fourth-order valence-corrected chi connectivity index (χ4v) is 1.71. The van der Waals surface area contributed by atoms with Crippen LogP contribution in [0.15, 0.2) is 18.5 Å². The summed E-state index contributed by atoms with van der Waals surface area (Å²) < 4.78 is 2.00. The molecule has 17 heavy (non-hydrogen) atoms. The van der Waals surface area contributed by atoms with E-state index in [1.807, 2.05) is 18.4 Å². The molecule has 2 rings (SSSR count). The van der Waals surface area contributed by atoms with E-state index in [2.05, 4.69) is 15.4 Å². The van der Waals surface area contributed by atoms with Gasteiger partial charge in [0.05, 0.1) is 29.3 Å². The van der Waals surface area contributed by atoms with E-state index in [0.29, 0.717) is 17.4 Å². The molecule has 0 aromatic carbocycles. The zero-order valence-electron chi connectivity index (χ0n) is 9.74. The summed E-state index contributed by atoms with van der Waals surface area (Å²) in [5, 5.41) is 0.620. The number of nitrogens with zero attached hydrogens (tertiary/aromatic N) is 3. The second kappa shape index (κ2) is 4.73. The van der Waals surface area contributed by atoms with Gasteiger partial charge in [0.15, 0.2) is 0 Å². The van der Waals surface area contributed by atoms with Crippen molar-refractivity contribution in [2.24, 2.45) is 5.84 Å². The van der Waals surface area contributed by atoms with Crippen LogP contribution in [0, 0.1) is 13.8 Å². The van der Waals surface area contributed by atoms with E-state index in [-0.39, 0.29) is 0 Å². The highest BCUT2D eigenvalue weighted by atomic mass is 35.5. The number of anilines is 1. The molecule has 0 atom stereocenters. The van der Waals surface area contributed by atoms with Crippen molar-refractivity contribution in [3.05, 3.63) is 40.6 Å². The first kappa shape index (κ1) is 11.9. The van der Waals surface area contributed by atoms with Crippen LogP contribution in [0.3, 0.4) is 0 Å². The molecule has 0 spiro atoms. The topological polar surface area (TPSA) is 68.8 Å². The minimum absolute atomic E-state index is 0.584. The number of hydrogen-bond acceptors (Lipinski definition) is 4. The van der Waals surface area contributed by atoms with Gasteiger partial charge in [-0.25, -0.2) is 15.8 Å². The third-order valence-electron chi connectivity index (χ3n) is 2.73. The molecule has 0 aliphatic heterocycles. The van der Waals surface area contributed by atoms with Crippen LogP contribution in [0.1, 0.15) is 17.1 Å². The first-order valence-electron chi connectivity index (χ1n) is 5.22. The molecule has 0 unspecified atom stereocenters. The van der Waals surface area contributed by atoms with E-state index < -0.39 is 0 Å². The molecule has 2 aromatic rings. The number of halogens is 1. The second-order valence-corrected chi connectivity index (χ2v) is 4.22. The fourth-order valence-electron chi connectivity index (χ4n) is 1.54. The highest BCUT2D eigenvalue weighted by Gasteiger charge is 2.07. The van der Waals surface area contributed by atoms with Gasteiger partial charge in [0, 0.05) is 5.69 Å². The maximum atomic E-state index is 6.10. The summed E-state index contributed by atoms with van der Waals surface area (Å²) in [4.78, 5) is 8.56. The van der Waals surface area contributed by atoms with Crippen LogP contribution in [0.25, 0.3) is 0 Å². The molecule has 0 amide bonds. The first-order valence-corrected chi connectivity index (χ1v) is 5.60. The number of aryl methyl sites for hydroxylation is 1. The van der Waals surface area contributed by atoms with E-state index in [0.717, 1.165) is 17.1 Å². The first-order chi connectivity index (χ1) is 8.11. The van der Waals surface area contributed by atoms with Crippen LogP contribution < -0.4 is 11.3 Å². The monoisotopic (exact) mass is 251 g/mol. The summed E-state index contributed by atoms with van der Waals surface area (Å²) in [6.07, 6.45) is 1.78. The van der Waals surface area contributed by atoms with Crippen LogP contribution >= 0.6 is 11.6 Å². The highest BCUT2D eigenvalue weighted by Crippen LogP contribution is 2.18. The lowest BCUT2D eigenvalue weighted by atomic mass is 10.3. The predicted molar refractivity (Wildman–Crippen MR) is 67.9 cm³/mol. The maximum Gasteiger partial charge on any atom is 0.140 e. The number of nitrogen functional groups attached to an aromatic ring is 1. The van der Waals surface area contributed by atoms with E-state index >= 15 is 0 Å². The van der Waals surface area contributed by atoms with Crippen molar-refractivity contribution < 1.29 is 0 Å². The number of pyridine rings is 1. The Hall–Kier alpha value is -1.59. The van der Waals surface area contributed by atoms with Crippen molar-refractivity contribution in [2.45, 2.75) is 20.4 Å². The molecule has 6 heteroatoms. The van der Waals surface area contributed by atoms with E-state index in [1.165, 1.54) is 0 Å². The van der Waals surface area contributed by atoms with Gasteiger partial charge in [-0.2, -0.15) is 0 Å². The number of aromatic nitrogens is 3. The Bertz CT molecular complexity index is 535. The fraction of sp³-hybridized carbons (Fsp3) is 0.273. The van der Waals surface area contributed by atoms with Gasteiger partial charge < -0.3 is 9.99 Å². The van der Waals surface area contributed by atoms with Gasteiger partial charge in [0.2, 0.25) is 0 Å². The summed E-state index contributed by atoms with van der Waals surface area (Å²) in [6, 6.07) is 3.51. The van der Waals surface area contributed by atoms with Crippen LogP contribution in [0.2, 0.25) is 5.02 Å². The van der Waals surface area contributed by atoms with Gasteiger partial charge in [-0.3, -0.25) is 0 Å². The zero-order chi connectivity index (χ0) is 12.4. The number of nitrogens with two attached hydrogens (primary N) is 1. The zero-order valence-corrected chi connectivity index (χ0v) is 10.5. The van der Waals surface area contributed by atoms with Crippen LogP contribution in [-0.2, 0) is 6.54 Å². The van der Waals surface area contributed by atoms with Gasteiger partial charge in [0.1, 0.15) is 5.82 Å². The number of hydrogen-bond donors (Lipinski definition) is 2. The normalized spacial score (nSPS) is 10.6. The van der Waals surface area contributed by atoms with E-state index in [9.17, 15) is 0 Å². The molecular formula is C11H14ClN5. The molecule has 2 heterocycles. The van der Waals surface area contributed by atoms with Gasteiger partial charge in [-0.05, 0) is 26.0 Å². The minimum Gasteiger partial charge on any atom is -0.329 e. The number of imidazole rings is 1. The summed E-state index contributed by atoms with van der Waals surface area (Å²) in [5.41, 5.74) is 5.39. The summed E-state index contributed by atoms with van der Waals surface area (Å²) in [6.45, 7) is 4.57. The molecule has 0 aliphatic carbocycles. The average Bonchev–Trinajstić information content (AvgIpc) is 2.64. The Morgan fingerprint density at radius 1 is 1.41 bits per heavy atom. The third-order valence-corrected chi connectivity index (χ3v) is 3.08. The quantitative estimate of drug-likeness (QED) is 0.646. The SMILES string of the molecule is Cc1ncn(Cc2nc(NN)ccc2Cl)c1C. The second-order valence-electron chi connectivity index (χ2n) is 3.81. The van der Waals surface area contributed by atoms with Crippen molar-refractivity contribution in [1.82, 2.24) is 14.5 Å². The van der Waals surface area contributed by atoms with Crippen LogP contribution in [0.4, 0.5) is 5.82 Å². The van der Waals surface area contributed by atoms with Crippen LogP contribution in [0.5, 0.6) is 0 Å². The largest absolute Gasteiger partial charge is 0.329 e. The molecule has 3 N–H and O–H groups in total. The van der Waals surface area contributed by atoms with Gasteiger partial charge in [0.25, 0.3) is 0 Å². The lowest BCUT2D eigenvalue weighted by molar-refractivity contribution is 0.748. The Kier molecular flexibility index (Phi) is 3.31. The number of rotatable bonds is 3. The summed E-state index contributed by atoms with van der Waals surface area (Å²) in [7, 11) is 0. The smallest absolute Gasteiger partial charge is 0.140 e. The Labute approximate surface area is 105 Å². The van der Waals surface area contributed by atoms with Crippen LogP contribution in [-0.4, -0.2) is 14.5 Å². The molecule has 0 radical (unpaired) electrons. The summed E-state index contributed by atoms with van der Waals surface area (Å²) >= 11 is 6.10. The minimum atomic E-state index is 0.584. The Morgan fingerprint density at radius 2 is 2.18 bits per heavy atom. The highest BCUT2D eigenvalue weighted by molar-refractivity contribution is 6.31. The van der Waals surface area contributed by atoms with E-state index in [1.54, 1.807) is 18.5 Å². The maximum absolute atomic E-state index is 6.10. The predicted octanol–water partition coefficient (Wildman–Crippen LogP) is 1.88. The Balaban J connectivity index is 2.32. The molecule has 5 nitrogen and oxygen atoms in total. The van der Waals surface area contributed by atoms with Crippen molar-refractivity contribution in [3.8, 4) is 0 Å². The van der Waals surface area contributed by atoms with E-state index in [4.69, 9.17) is 17.4 Å². The standard InChI is InChI=1S/C11H14ClN5/c1-7-8(2)17(6-14-7)5-10-9(12)3-4-11(15-10)16-13/h3-4,6H,5,13H2,1-2H3,(H,15,16). The third kappa shape index (κ3) is 2.40. The average molecular weight is 252 g/mol. The Morgan fingerprint density at radius 3 is 2.76 bits per heavy atom.